The molecule has 0 amide bonds. The second-order valence-corrected chi connectivity index (χ2v) is 6.36. The predicted octanol–water partition coefficient (Wildman–Crippen LogP) is 4.50. The monoisotopic (exact) mass is 359 g/mol. The molecule has 0 aliphatic heterocycles. The zero-order valence-corrected chi connectivity index (χ0v) is 12.7. The van der Waals surface area contributed by atoms with E-state index in [9.17, 15) is 0 Å². The fourth-order valence-corrected chi connectivity index (χ4v) is 3.69. The van der Waals surface area contributed by atoms with Crippen molar-refractivity contribution in [3.05, 3.63) is 55.1 Å². The maximum Gasteiger partial charge on any atom is 0.0656 e. The molecule has 0 radical (unpaired) electrons. The highest BCUT2D eigenvalue weighted by atomic mass is 79.9. The van der Waals surface area contributed by atoms with Crippen LogP contribution in [0, 0.1) is 0 Å². The molecule has 84 valence electrons. The van der Waals surface area contributed by atoms with E-state index in [2.05, 4.69) is 42.6 Å². The first kappa shape index (κ1) is 12.3. The Labute approximate surface area is 116 Å². The van der Waals surface area contributed by atoms with E-state index in [1.807, 2.05) is 31.2 Å². The number of nitrogens with two attached hydrogens (primary N) is 1. The lowest BCUT2D eigenvalue weighted by atomic mass is 9.88. The van der Waals surface area contributed by atoms with Crippen molar-refractivity contribution in [2.24, 2.45) is 5.73 Å². The van der Waals surface area contributed by atoms with Crippen LogP contribution in [0.5, 0.6) is 0 Å². The van der Waals surface area contributed by atoms with Crippen molar-refractivity contribution in [3.8, 4) is 0 Å². The number of hydrogen-bond donors (Lipinski definition) is 1. The van der Waals surface area contributed by atoms with E-state index < -0.39 is 5.54 Å². The SMILES string of the molecule is CC(N)(c1ccc(Br)cc1)c1cscc1Br. The highest BCUT2D eigenvalue weighted by Gasteiger charge is 2.26. The summed E-state index contributed by atoms with van der Waals surface area (Å²) in [5, 5.41) is 4.14. The van der Waals surface area contributed by atoms with Gasteiger partial charge in [0.15, 0.2) is 0 Å². The van der Waals surface area contributed by atoms with Crippen molar-refractivity contribution in [3.63, 3.8) is 0 Å². The van der Waals surface area contributed by atoms with E-state index in [0.717, 1.165) is 20.1 Å². The first-order chi connectivity index (χ1) is 7.51. The minimum Gasteiger partial charge on any atom is -0.318 e. The summed E-state index contributed by atoms with van der Waals surface area (Å²) in [5.74, 6) is 0. The Bertz CT molecular complexity index is 488. The summed E-state index contributed by atoms with van der Waals surface area (Å²) in [6, 6.07) is 8.13. The average Bonchev–Trinajstić information content (AvgIpc) is 2.66. The van der Waals surface area contributed by atoms with Gasteiger partial charge in [0.2, 0.25) is 0 Å². The molecule has 0 spiro atoms. The molecular formula is C12H11Br2NS. The third-order valence-corrected chi connectivity index (χ3v) is 4.85. The Kier molecular flexibility index (Phi) is 3.54. The molecule has 1 heterocycles. The zero-order chi connectivity index (χ0) is 11.8. The molecule has 1 aromatic carbocycles. The van der Waals surface area contributed by atoms with E-state index in [4.69, 9.17) is 5.73 Å². The number of thiophene rings is 1. The number of hydrogen-bond acceptors (Lipinski definition) is 2. The summed E-state index contributed by atoms with van der Waals surface area (Å²) in [6.45, 7) is 2.03. The molecule has 2 aromatic rings. The van der Waals surface area contributed by atoms with Gasteiger partial charge in [-0.2, -0.15) is 11.3 Å². The summed E-state index contributed by atoms with van der Waals surface area (Å²) in [7, 11) is 0. The molecule has 1 nitrogen and oxygen atoms in total. The summed E-state index contributed by atoms with van der Waals surface area (Å²) in [6.07, 6.45) is 0. The Morgan fingerprint density at radius 1 is 1.12 bits per heavy atom. The number of halogens is 2. The second-order valence-electron chi connectivity index (χ2n) is 3.84. The molecule has 2 N–H and O–H groups in total. The van der Waals surface area contributed by atoms with Gasteiger partial charge in [0, 0.05) is 19.9 Å². The summed E-state index contributed by atoms with van der Waals surface area (Å²) < 4.78 is 2.14. The van der Waals surface area contributed by atoms with E-state index in [1.54, 1.807) is 11.3 Å². The van der Waals surface area contributed by atoms with Crippen molar-refractivity contribution in [2.75, 3.05) is 0 Å². The maximum atomic E-state index is 6.42. The molecular weight excluding hydrogens is 350 g/mol. The van der Waals surface area contributed by atoms with E-state index in [-0.39, 0.29) is 0 Å². The van der Waals surface area contributed by atoms with Crippen LogP contribution >= 0.6 is 43.2 Å². The molecule has 1 atom stereocenters. The third kappa shape index (κ3) is 2.25. The third-order valence-electron chi connectivity index (χ3n) is 2.62. The minimum absolute atomic E-state index is 0.459. The fraction of sp³-hybridized carbons (Fsp3) is 0.167. The van der Waals surface area contributed by atoms with Crippen LogP contribution in [0.3, 0.4) is 0 Å². The highest BCUT2D eigenvalue weighted by molar-refractivity contribution is 9.10. The van der Waals surface area contributed by atoms with Crippen molar-refractivity contribution < 1.29 is 0 Å². The van der Waals surface area contributed by atoms with E-state index >= 15 is 0 Å². The van der Waals surface area contributed by atoms with Crippen LogP contribution in [0.4, 0.5) is 0 Å². The average molecular weight is 361 g/mol. The Hall–Kier alpha value is -0.160. The molecule has 2 rings (SSSR count). The van der Waals surface area contributed by atoms with Crippen molar-refractivity contribution >= 4 is 43.2 Å². The second kappa shape index (κ2) is 4.61. The lowest BCUT2D eigenvalue weighted by molar-refractivity contribution is 0.602. The standard InChI is InChI=1S/C12H11Br2NS/c1-12(15,10-6-16-7-11(10)14)8-2-4-9(13)5-3-8/h2-7H,15H2,1H3. The van der Waals surface area contributed by atoms with Crippen LogP contribution < -0.4 is 5.73 Å². The van der Waals surface area contributed by atoms with Gasteiger partial charge in [-0.25, -0.2) is 0 Å². The predicted molar refractivity (Wildman–Crippen MR) is 76.8 cm³/mol. The maximum absolute atomic E-state index is 6.42. The Balaban J connectivity index is 2.46. The normalized spacial score (nSPS) is 14.8. The van der Waals surface area contributed by atoms with Crippen molar-refractivity contribution in [2.45, 2.75) is 12.5 Å². The van der Waals surface area contributed by atoms with Gasteiger partial charge in [-0.15, -0.1) is 0 Å². The molecule has 4 heteroatoms. The molecule has 1 unspecified atom stereocenters. The van der Waals surface area contributed by atoms with Gasteiger partial charge < -0.3 is 5.73 Å². The number of rotatable bonds is 2. The molecule has 0 saturated heterocycles. The van der Waals surface area contributed by atoms with Crippen LogP contribution in [0.25, 0.3) is 0 Å². The van der Waals surface area contributed by atoms with Crippen LogP contribution in [0.2, 0.25) is 0 Å². The van der Waals surface area contributed by atoms with Crippen LogP contribution in [-0.4, -0.2) is 0 Å². The molecule has 0 bridgehead atoms. The molecule has 16 heavy (non-hydrogen) atoms. The fourth-order valence-electron chi connectivity index (χ4n) is 1.60. The molecule has 1 aromatic heterocycles. The quantitative estimate of drug-likeness (QED) is 0.838. The van der Waals surface area contributed by atoms with Crippen LogP contribution in [0.15, 0.2) is 44.0 Å². The molecule has 0 aliphatic carbocycles. The van der Waals surface area contributed by atoms with Gasteiger partial charge in [-0.3, -0.25) is 0 Å². The summed E-state index contributed by atoms with van der Waals surface area (Å²) >= 11 is 8.62. The van der Waals surface area contributed by atoms with Crippen molar-refractivity contribution in [1.29, 1.82) is 0 Å². The number of benzene rings is 1. The smallest absolute Gasteiger partial charge is 0.0656 e. The van der Waals surface area contributed by atoms with Gasteiger partial charge >= 0.3 is 0 Å². The van der Waals surface area contributed by atoms with Crippen LogP contribution in [0.1, 0.15) is 18.1 Å². The lowest BCUT2D eigenvalue weighted by Gasteiger charge is -2.25. The largest absolute Gasteiger partial charge is 0.318 e. The van der Waals surface area contributed by atoms with E-state index in [1.165, 1.54) is 0 Å². The van der Waals surface area contributed by atoms with Gasteiger partial charge in [0.05, 0.1) is 5.54 Å². The summed E-state index contributed by atoms with van der Waals surface area (Å²) in [4.78, 5) is 0. The molecule has 0 fully saturated rings. The Morgan fingerprint density at radius 2 is 1.75 bits per heavy atom. The summed E-state index contributed by atoms with van der Waals surface area (Å²) in [5.41, 5.74) is 8.19. The van der Waals surface area contributed by atoms with Crippen LogP contribution in [-0.2, 0) is 5.54 Å². The van der Waals surface area contributed by atoms with Gasteiger partial charge in [-0.1, -0.05) is 28.1 Å². The topological polar surface area (TPSA) is 26.0 Å². The zero-order valence-electron chi connectivity index (χ0n) is 8.71. The van der Waals surface area contributed by atoms with Gasteiger partial charge in [-0.05, 0) is 45.9 Å². The Morgan fingerprint density at radius 3 is 2.25 bits per heavy atom. The highest BCUT2D eigenvalue weighted by Crippen LogP contribution is 2.34. The van der Waals surface area contributed by atoms with Gasteiger partial charge in [0.25, 0.3) is 0 Å². The first-order valence-corrected chi connectivity index (χ1v) is 7.32. The van der Waals surface area contributed by atoms with E-state index in [0.29, 0.717) is 0 Å². The lowest BCUT2D eigenvalue weighted by Crippen LogP contribution is -2.34. The molecule has 0 saturated carbocycles. The molecule has 0 aliphatic rings. The minimum atomic E-state index is -0.459. The van der Waals surface area contributed by atoms with Crippen molar-refractivity contribution in [1.82, 2.24) is 0 Å². The van der Waals surface area contributed by atoms with Gasteiger partial charge in [0.1, 0.15) is 0 Å². The first-order valence-electron chi connectivity index (χ1n) is 4.79.